The molecule has 2 aromatic carbocycles. The first kappa shape index (κ1) is 17.1. The fraction of sp³-hybridized carbons (Fsp3) is 0.200. The number of rotatable bonds is 5. The Bertz CT molecular complexity index is 778. The molecule has 1 N–H and O–H groups in total. The molecule has 0 fully saturated rings. The molecule has 0 amide bonds. The second-order valence-electron chi connectivity index (χ2n) is 4.66. The van der Waals surface area contributed by atoms with Gasteiger partial charge in [0.25, 0.3) is 0 Å². The maximum absolute atomic E-state index is 12.5. The largest absolute Gasteiger partial charge is 0.495 e. The molecule has 22 heavy (non-hydrogen) atoms. The highest BCUT2D eigenvalue weighted by molar-refractivity contribution is 7.89. The van der Waals surface area contributed by atoms with Gasteiger partial charge in [0.1, 0.15) is 10.6 Å². The number of sulfonamides is 1. The van der Waals surface area contributed by atoms with Crippen LogP contribution in [-0.2, 0) is 10.0 Å². The molecule has 0 saturated heterocycles. The van der Waals surface area contributed by atoms with Gasteiger partial charge in [0.15, 0.2) is 0 Å². The van der Waals surface area contributed by atoms with Crippen LogP contribution >= 0.6 is 23.2 Å². The molecule has 0 aromatic heterocycles. The highest BCUT2D eigenvalue weighted by Gasteiger charge is 2.23. The van der Waals surface area contributed by atoms with Crippen molar-refractivity contribution in [1.82, 2.24) is 4.72 Å². The minimum atomic E-state index is -3.74. The summed E-state index contributed by atoms with van der Waals surface area (Å²) in [6.45, 7) is 1.71. The van der Waals surface area contributed by atoms with Crippen LogP contribution in [0.15, 0.2) is 47.4 Å². The molecule has 1 unspecified atom stereocenters. The van der Waals surface area contributed by atoms with Gasteiger partial charge in [-0.3, -0.25) is 0 Å². The van der Waals surface area contributed by atoms with Gasteiger partial charge >= 0.3 is 0 Å². The first-order chi connectivity index (χ1) is 10.3. The van der Waals surface area contributed by atoms with Gasteiger partial charge in [-0.05, 0) is 36.8 Å². The molecule has 1 atom stereocenters. The zero-order valence-corrected chi connectivity index (χ0v) is 14.3. The van der Waals surface area contributed by atoms with Gasteiger partial charge in [-0.1, -0.05) is 41.4 Å². The Hall–Kier alpha value is -1.27. The van der Waals surface area contributed by atoms with Crippen molar-refractivity contribution in [3.05, 3.63) is 58.1 Å². The lowest BCUT2D eigenvalue weighted by atomic mass is 10.1. The predicted octanol–water partition coefficient (Wildman–Crippen LogP) is 4.04. The Morgan fingerprint density at radius 3 is 2.45 bits per heavy atom. The van der Waals surface area contributed by atoms with Crippen LogP contribution in [0.25, 0.3) is 0 Å². The lowest BCUT2D eigenvalue weighted by molar-refractivity contribution is 0.402. The van der Waals surface area contributed by atoms with Crippen LogP contribution in [-0.4, -0.2) is 15.5 Å². The van der Waals surface area contributed by atoms with E-state index in [1.54, 1.807) is 43.3 Å². The van der Waals surface area contributed by atoms with Crippen molar-refractivity contribution in [2.45, 2.75) is 17.9 Å². The van der Waals surface area contributed by atoms with Gasteiger partial charge in [0.05, 0.1) is 7.11 Å². The number of hydrogen-bond acceptors (Lipinski definition) is 3. The lowest BCUT2D eigenvalue weighted by Crippen LogP contribution is -2.27. The summed E-state index contributed by atoms with van der Waals surface area (Å²) in [7, 11) is -2.32. The number of halogens is 2. The summed E-state index contributed by atoms with van der Waals surface area (Å²) in [4.78, 5) is 0.0782. The zero-order chi connectivity index (χ0) is 16.3. The molecule has 0 radical (unpaired) electrons. The standard InChI is InChI=1S/C15H15Cl2NO3S/c1-10(12-8-7-11(16)9-13(12)17)18-22(19,20)15-6-4-3-5-14(15)21-2/h3-10,18H,1-2H3. The minimum Gasteiger partial charge on any atom is -0.495 e. The summed E-state index contributed by atoms with van der Waals surface area (Å²) in [6.07, 6.45) is 0. The fourth-order valence-electron chi connectivity index (χ4n) is 2.05. The van der Waals surface area contributed by atoms with E-state index in [0.29, 0.717) is 15.6 Å². The summed E-state index contributed by atoms with van der Waals surface area (Å²) in [5, 5.41) is 0.899. The van der Waals surface area contributed by atoms with Gasteiger partial charge in [-0.15, -0.1) is 0 Å². The molecular weight excluding hydrogens is 345 g/mol. The van der Waals surface area contributed by atoms with E-state index in [0.717, 1.165) is 0 Å². The first-order valence-corrected chi connectivity index (χ1v) is 8.69. The topological polar surface area (TPSA) is 55.4 Å². The van der Waals surface area contributed by atoms with E-state index in [4.69, 9.17) is 27.9 Å². The van der Waals surface area contributed by atoms with Crippen LogP contribution in [0.1, 0.15) is 18.5 Å². The summed E-state index contributed by atoms with van der Waals surface area (Å²) >= 11 is 12.0. The van der Waals surface area contributed by atoms with Crippen molar-refractivity contribution >= 4 is 33.2 Å². The van der Waals surface area contributed by atoms with Crippen LogP contribution in [0.2, 0.25) is 10.0 Å². The molecule has 0 bridgehead atoms. The summed E-state index contributed by atoms with van der Waals surface area (Å²) in [5.41, 5.74) is 0.643. The third-order valence-corrected chi connectivity index (χ3v) is 5.26. The van der Waals surface area contributed by atoms with Gasteiger partial charge in [-0.2, -0.15) is 0 Å². The van der Waals surface area contributed by atoms with Gasteiger partial charge in [0.2, 0.25) is 10.0 Å². The Labute approximate surface area is 140 Å². The lowest BCUT2D eigenvalue weighted by Gasteiger charge is -2.17. The van der Waals surface area contributed by atoms with E-state index in [1.165, 1.54) is 13.2 Å². The van der Waals surface area contributed by atoms with E-state index in [-0.39, 0.29) is 10.6 Å². The van der Waals surface area contributed by atoms with Crippen LogP contribution in [0.3, 0.4) is 0 Å². The highest BCUT2D eigenvalue weighted by Crippen LogP contribution is 2.29. The fourth-order valence-corrected chi connectivity index (χ4v) is 4.02. The van der Waals surface area contributed by atoms with Crippen LogP contribution in [0.5, 0.6) is 5.75 Å². The molecule has 0 spiro atoms. The third kappa shape index (κ3) is 3.73. The third-order valence-electron chi connectivity index (χ3n) is 3.12. The first-order valence-electron chi connectivity index (χ1n) is 6.45. The monoisotopic (exact) mass is 359 g/mol. The van der Waals surface area contributed by atoms with Crippen LogP contribution in [0.4, 0.5) is 0 Å². The summed E-state index contributed by atoms with van der Waals surface area (Å²) in [5.74, 6) is 0.282. The van der Waals surface area contributed by atoms with Gasteiger partial charge in [-0.25, -0.2) is 13.1 Å². The molecule has 0 aliphatic rings. The Balaban J connectivity index is 2.32. The van der Waals surface area contributed by atoms with Gasteiger partial charge < -0.3 is 4.74 Å². The second-order valence-corrected chi connectivity index (χ2v) is 7.19. The molecule has 0 aliphatic heterocycles. The van der Waals surface area contributed by atoms with Crippen molar-refractivity contribution in [3.63, 3.8) is 0 Å². The Morgan fingerprint density at radius 2 is 1.82 bits per heavy atom. The average Bonchev–Trinajstić information content (AvgIpc) is 2.46. The Kier molecular flexibility index (Phi) is 5.34. The van der Waals surface area contributed by atoms with Gasteiger partial charge in [0, 0.05) is 16.1 Å². The molecule has 0 aliphatic carbocycles. The number of para-hydroxylation sites is 1. The normalized spacial score (nSPS) is 12.9. The maximum atomic E-state index is 12.5. The highest BCUT2D eigenvalue weighted by atomic mass is 35.5. The molecule has 7 heteroatoms. The molecular formula is C15H15Cl2NO3S. The van der Waals surface area contributed by atoms with E-state index in [1.807, 2.05) is 0 Å². The van der Waals surface area contributed by atoms with Crippen molar-refractivity contribution in [2.75, 3.05) is 7.11 Å². The van der Waals surface area contributed by atoms with Crippen molar-refractivity contribution in [1.29, 1.82) is 0 Å². The smallest absolute Gasteiger partial charge is 0.244 e. The summed E-state index contributed by atoms with van der Waals surface area (Å²) < 4.78 is 32.7. The van der Waals surface area contributed by atoms with Crippen LogP contribution < -0.4 is 9.46 Å². The zero-order valence-electron chi connectivity index (χ0n) is 12.0. The average molecular weight is 360 g/mol. The van der Waals surface area contributed by atoms with Crippen molar-refractivity contribution < 1.29 is 13.2 Å². The predicted molar refractivity (Wildman–Crippen MR) is 88.2 cm³/mol. The number of benzene rings is 2. The van der Waals surface area contributed by atoms with E-state index in [9.17, 15) is 8.42 Å². The molecule has 2 aromatic rings. The van der Waals surface area contributed by atoms with Crippen molar-refractivity contribution in [2.24, 2.45) is 0 Å². The quantitative estimate of drug-likeness (QED) is 0.876. The van der Waals surface area contributed by atoms with E-state index in [2.05, 4.69) is 4.72 Å². The molecule has 4 nitrogen and oxygen atoms in total. The van der Waals surface area contributed by atoms with E-state index >= 15 is 0 Å². The molecule has 2 rings (SSSR count). The number of nitrogens with one attached hydrogen (secondary N) is 1. The van der Waals surface area contributed by atoms with Crippen LogP contribution in [0, 0.1) is 0 Å². The van der Waals surface area contributed by atoms with Crippen molar-refractivity contribution in [3.8, 4) is 5.75 Å². The molecule has 0 heterocycles. The number of hydrogen-bond donors (Lipinski definition) is 1. The maximum Gasteiger partial charge on any atom is 0.244 e. The number of methoxy groups -OCH3 is 1. The van der Waals surface area contributed by atoms with E-state index < -0.39 is 16.1 Å². The second kappa shape index (κ2) is 6.87. The summed E-state index contributed by atoms with van der Waals surface area (Å²) in [6, 6.07) is 10.8. The minimum absolute atomic E-state index is 0.0782. The Morgan fingerprint density at radius 1 is 1.14 bits per heavy atom. The number of ether oxygens (including phenoxy) is 1. The SMILES string of the molecule is COc1ccccc1S(=O)(=O)NC(C)c1ccc(Cl)cc1Cl. The molecule has 0 saturated carbocycles. The molecule has 118 valence electrons.